The minimum absolute atomic E-state index is 0.0279. The predicted octanol–water partition coefficient (Wildman–Crippen LogP) is 3.55. The van der Waals surface area contributed by atoms with E-state index in [4.69, 9.17) is 4.74 Å². The van der Waals surface area contributed by atoms with Gasteiger partial charge in [-0.15, -0.1) is 0 Å². The Kier molecular flexibility index (Phi) is 7.92. The zero-order valence-electron chi connectivity index (χ0n) is 17.9. The number of hydrogen-bond acceptors (Lipinski definition) is 4. The van der Waals surface area contributed by atoms with Crippen LogP contribution in [-0.2, 0) is 22.6 Å². The molecule has 0 bridgehead atoms. The van der Waals surface area contributed by atoms with E-state index in [9.17, 15) is 9.59 Å². The summed E-state index contributed by atoms with van der Waals surface area (Å²) in [4.78, 5) is 28.9. The number of nitrogens with one attached hydrogen (secondary N) is 1. The molecular weight excluding hydrogens is 366 g/mol. The maximum atomic E-state index is 12.8. The lowest BCUT2D eigenvalue weighted by atomic mass is 9.97. The van der Waals surface area contributed by atoms with Crippen molar-refractivity contribution in [1.82, 2.24) is 15.1 Å². The first kappa shape index (κ1) is 21.6. The number of carbonyl (C=O) groups excluding carboxylic acids is 2. The normalized spacial score (nSPS) is 22.9. The molecule has 1 N–H and O–H groups in total. The summed E-state index contributed by atoms with van der Waals surface area (Å²) in [5.41, 5.74) is 2.47. The van der Waals surface area contributed by atoms with Crippen LogP contribution in [0.4, 0.5) is 4.79 Å². The smallest absolute Gasteiger partial charge is 0.409 e. The van der Waals surface area contributed by atoms with Gasteiger partial charge in [0.15, 0.2) is 0 Å². The molecule has 6 heteroatoms. The summed E-state index contributed by atoms with van der Waals surface area (Å²) in [6.45, 7) is 8.19. The lowest BCUT2D eigenvalue weighted by molar-refractivity contribution is -0.126. The molecule has 2 aliphatic heterocycles. The van der Waals surface area contributed by atoms with Gasteiger partial charge in [0.05, 0.1) is 12.5 Å². The van der Waals surface area contributed by atoms with Crippen molar-refractivity contribution in [3.63, 3.8) is 0 Å². The van der Waals surface area contributed by atoms with Crippen molar-refractivity contribution in [3.8, 4) is 0 Å². The van der Waals surface area contributed by atoms with Crippen LogP contribution in [0.3, 0.4) is 0 Å². The van der Waals surface area contributed by atoms with E-state index in [1.165, 1.54) is 30.4 Å². The van der Waals surface area contributed by atoms with Crippen LogP contribution in [0.2, 0.25) is 0 Å². The van der Waals surface area contributed by atoms with Gasteiger partial charge in [-0.3, -0.25) is 9.69 Å². The third kappa shape index (κ3) is 5.95. The molecule has 0 radical (unpaired) electrons. The van der Waals surface area contributed by atoms with Crippen molar-refractivity contribution in [2.45, 2.75) is 65.1 Å². The Labute approximate surface area is 174 Å². The Balaban J connectivity index is 1.55. The van der Waals surface area contributed by atoms with Crippen molar-refractivity contribution in [2.75, 3.05) is 26.2 Å². The summed E-state index contributed by atoms with van der Waals surface area (Å²) in [7, 11) is 0. The Morgan fingerprint density at radius 1 is 1.10 bits per heavy atom. The molecule has 0 spiro atoms. The van der Waals surface area contributed by atoms with E-state index < -0.39 is 0 Å². The average molecular weight is 402 g/mol. The number of hydrogen-bond donors (Lipinski definition) is 1. The minimum atomic E-state index is -0.314. The molecule has 0 aliphatic carbocycles. The van der Waals surface area contributed by atoms with Gasteiger partial charge in [0, 0.05) is 32.2 Å². The highest BCUT2D eigenvalue weighted by molar-refractivity contribution is 5.80. The van der Waals surface area contributed by atoms with E-state index in [-0.39, 0.29) is 17.9 Å². The van der Waals surface area contributed by atoms with Crippen molar-refractivity contribution in [3.05, 3.63) is 35.4 Å². The molecule has 0 saturated carbocycles. The van der Waals surface area contributed by atoms with Gasteiger partial charge < -0.3 is 15.0 Å². The standard InChI is InChI=1S/C23H35N3O3/c1-3-29-23(28)26-14-8-12-21(17-26)22(27)24-15-19-10-4-5-11-20(19)16-25-13-7-6-9-18(25)2/h4-5,10-11,18,21H,3,6-9,12-17H2,1-2H3,(H,24,27)/t18-,21+/m1/s1. The summed E-state index contributed by atoms with van der Waals surface area (Å²) < 4.78 is 5.09. The Morgan fingerprint density at radius 2 is 1.90 bits per heavy atom. The van der Waals surface area contributed by atoms with Crippen LogP contribution in [0.25, 0.3) is 0 Å². The van der Waals surface area contributed by atoms with Crippen LogP contribution in [0.15, 0.2) is 24.3 Å². The molecule has 160 valence electrons. The number of rotatable bonds is 6. The van der Waals surface area contributed by atoms with Gasteiger partial charge in [0.1, 0.15) is 0 Å². The van der Waals surface area contributed by atoms with Gasteiger partial charge in [0.25, 0.3) is 0 Å². The van der Waals surface area contributed by atoms with Gasteiger partial charge in [-0.2, -0.15) is 0 Å². The van der Waals surface area contributed by atoms with E-state index in [1.807, 2.05) is 6.07 Å². The van der Waals surface area contributed by atoms with Crippen LogP contribution in [0.1, 0.15) is 57.1 Å². The number of carbonyl (C=O) groups is 2. The van der Waals surface area contributed by atoms with Crippen LogP contribution in [-0.4, -0.2) is 54.1 Å². The largest absolute Gasteiger partial charge is 0.450 e. The third-order valence-corrected chi connectivity index (χ3v) is 6.20. The zero-order valence-corrected chi connectivity index (χ0v) is 17.9. The number of piperidine rings is 2. The molecule has 2 amide bonds. The fourth-order valence-electron chi connectivity index (χ4n) is 4.39. The van der Waals surface area contributed by atoms with Gasteiger partial charge in [-0.05, 0) is 57.2 Å². The summed E-state index contributed by atoms with van der Waals surface area (Å²) in [5.74, 6) is -0.137. The number of benzene rings is 1. The van der Waals surface area contributed by atoms with E-state index in [0.717, 1.165) is 25.9 Å². The van der Waals surface area contributed by atoms with Crippen molar-refractivity contribution in [2.24, 2.45) is 5.92 Å². The Hall–Kier alpha value is -2.08. The van der Waals surface area contributed by atoms with Gasteiger partial charge in [0.2, 0.25) is 5.91 Å². The highest BCUT2D eigenvalue weighted by Crippen LogP contribution is 2.21. The molecule has 2 atom stereocenters. The number of likely N-dealkylation sites (tertiary alicyclic amines) is 2. The molecule has 1 aromatic carbocycles. The molecule has 3 rings (SSSR count). The predicted molar refractivity (Wildman–Crippen MR) is 113 cm³/mol. The van der Waals surface area contributed by atoms with Crippen LogP contribution < -0.4 is 5.32 Å². The molecule has 0 unspecified atom stereocenters. The van der Waals surface area contributed by atoms with Crippen LogP contribution >= 0.6 is 0 Å². The highest BCUT2D eigenvalue weighted by atomic mass is 16.6. The molecule has 0 aromatic heterocycles. The SMILES string of the molecule is CCOC(=O)N1CCC[C@H](C(=O)NCc2ccccc2CN2CCCC[C@H]2C)C1. The summed E-state index contributed by atoms with van der Waals surface area (Å²) in [6.07, 6.45) is 5.18. The van der Waals surface area contributed by atoms with Gasteiger partial charge in [-0.1, -0.05) is 30.7 Å². The number of amides is 2. The van der Waals surface area contributed by atoms with Crippen molar-refractivity contribution in [1.29, 1.82) is 0 Å². The van der Waals surface area contributed by atoms with E-state index >= 15 is 0 Å². The molecule has 2 heterocycles. The van der Waals surface area contributed by atoms with Gasteiger partial charge >= 0.3 is 6.09 Å². The molecule has 6 nitrogen and oxygen atoms in total. The second-order valence-electron chi connectivity index (χ2n) is 8.29. The maximum absolute atomic E-state index is 12.8. The highest BCUT2D eigenvalue weighted by Gasteiger charge is 2.29. The summed E-state index contributed by atoms with van der Waals surface area (Å²) in [5, 5.41) is 3.11. The average Bonchev–Trinajstić information content (AvgIpc) is 2.75. The first-order valence-electron chi connectivity index (χ1n) is 11.1. The minimum Gasteiger partial charge on any atom is -0.450 e. The third-order valence-electron chi connectivity index (χ3n) is 6.20. The summed E-state index contributed by atoms with van der Waals surface area (Å²) in [6, 6.07) is 9.01. The monoisotopic (exact) mass is 401 g/mol. The van der Waals surface area contributed by atoms with Crippen LogP contribution in [0, 0.1) is 5.92 Å². The lowest BCUT2D eigenvalue weighted by Crippen LogP contribution is -2.45. The molecule has 1 aromatic rings. The zero-order chi connectivity index (χ0) is 20.6. The molecular formula is C23H35N3O3. The van der Waals surface area contributed by atoms with E-state index in [1.54, 1.807) is 11.8 Å². The number of ether oxygens (including phenoxy) is 1. The molecule has 2 saturated heterocycles. The maximum Gasteiger partial charge on any atom is 0.409 e. The first-order valence-corrected chi connectivity index (χ1v) is 11.1. The van der Waals surface area contributed by atoms with Crippen LogP contribution in [0.5, 0.6) is 0 Å². The molecule has 2 fully saturated rings. The quantitative estimate of drug-likeness (QED) is 0.792. The first-order chi connectivity index (χ1) is 14.1. The van der Waals surface area contributed by atoms with Crippen molar-refractivity contribution < 1.29 is 14.3 Å². The van der Waals surface area contributed by atoms with Crippen molar-refractivity contribution >= 4 is 12.0 Å². The molecule has 2 aliphatic rings. The molecule has 29 heavy (non-hydrogen) atoms. The summed E-state index contributed by atoms with van der Waals surface area (Å²) >= 11 is 0. The Bertz CT molecular complexity index is 694. The second kappa shape index (κ2) is 10.6. The van der Waals surface area contributed by atoms with Gasteiger partial charge in [-0.25, -0.2) is 4.79 Å². The lowest BCUT2D eigenvalue weighted by Gasteiger charge is -2.34. The van der Waals surface area contributed by atoms with E-state index in [0.29, 0.717) is 32.3 Å². The fourth-order valence-corrected chi connectivity index (χ4v) is 4.39. The fraction of sp³-hybridized carbons (Fsp3) is 0.652. The van der Waals surface area contributed by atoms with E-state index in [2.05, 4.69) is 35.3 Å². The number of nitrogens with zero attached hydrogens (tertiary/aromatic N) is 2. The Morgan fingerprint density at radius 3 is 2.66 bits per heavy atom. The second-order valence-corrected chi connectivity index (χ2v) is 8.29. The topological polar surface area (TPSA) is 61.9 Å².